The highest BCUT2D eigenvalue weighted by molar-refractivity contribution is 5.81. The summed E-state index contributed by atoms with van der Waals surface area (Å²) in [4.78, 5) is 19.8. The van der Waals surface area contributed by atoms with E-state index in [2.05, 4.69) is 15.1 Å². The van der Waals surface area contributed by atoms with E-state index in [1.165, 1.54) is 6.92 Å². The molecule has 18 heavy (non-hydrogen) atoms. The molecule has 0 saturated heterocycles. The number of hydrogen-bond acceptors (Lipinski definition) is 5. The van der Waals surface area contributed by atoms with Crippen molar-refractivity contribution in [3.8, 4) is 11.5 Å². The van der Waals surface area contributed by atoms with Gasteiger partial charge in [-0.05, 0) is 31.9 Å². The van der Waals surface area contributed by atoms with Gasteiger partial charge in [0.05, 0.1) is 5.92 Å². The lowest BCUT2D eigenvalue weighted by Gasteiger charge is -2.01. The molecule has 5 nitrogen and oxygen atoms in total. The lowest BCUT2D eigenvalue weighted by atomic mass is 10.1. The van der Waals surface area contributed by atoms with E-state index < -0.39 is 0 Å². The minimum absolute atomic E-state index is 0.00179. The first-order valence-electron chi connectivity index (χ1n) is 5.91. The number of hydrogen-bond donors (Lipinski definition) is 0. The average molecular weight is 245 g/mol. The Kier molecular flexibility index (Phi) is 3.50. The first-order valence-corrected chi connectivity index (χ1v) is 5.91. The Labute approximate surface area is 105 Å². The van der Waals surface area contributed by atoms with Crippen molar-refractivity contribution in [2.75, 3.05) is 0 Å². The van der Waals surface area contributed by atoms with Crippen LogP contribution in [0.15, 0.2) is 22.9 Å². The molecule has 2 aromatic rings. The summed E-state index contributed by atoms with van der Waals surface area (Å²) in [7, 11) is 0. The monoisotopic (exact) mass is 245 g/mol. The summed E-state index contributed by atoms with van der Waals surface area (Å²) in [5.74, 6) is 0.405. The summed E-state index contributed by atoms with van der Waals surface area (Å²) in [6, 6.07) is 3.86. The number of aryl methyl sites for hydroxylation is 1. The second-order valence-electron chi connectivity index (χ2n) is 4.15. The smallest absolute Gasteiger partial charge is 0.237 e. The highest BCUT2D eigenvalue weighted by Gasteiger charge is 2.20. The quantitative estimate of drug-likeness (QED) is 0.827. The van der Waals surface area contributed by atoms with Crippen LogP contribution in [-0.2, 0) is 11.2 Å². The van der Waals surface area contributed by atoms with E-state index in [9.17, 15) is 4.79 Å². The SMILES string of the molecule is CCc1cccnc1-c1noc(C(C)C(C)=O)n1. The molecule has 0 N–H and O–H groups in total. The van der Waals surface area contributed by atoms with Crippen LogP contribution in [0.25, 0.3) is 11.5 Å². The highest BCUT2D eigenvalue weighted by atomic mass is 16.5. The van der Waals surface area contributed by atoms with Gasteiger partial charge in [-0.15, -0.1) is 0 Å². The van der Waals surface area contributed by atoms with Crippen molar-refractivity contribution >= 4 is 5.78 Å². The first kappa shape index (κ1) is 12.4. The van der Waals surface area contributed by atoms with Crippen LogP contribution >= 0.6 is 0 Å². The molecule has 2 rings (SSSR count). The zero-order chi connectivity index (χ0) is 13.1. The van der Waals surface area contributed by atoms with Crippen LogP contribution in [0.1, 0.15) is 38.1 Å². The molecule has 0 amide bonds. The summed E-state index contributed by atoms with van der Waals surface area (Å²) >= 11 is 0. The molecule has 5 heteroatoms. The van der Waals surface area contributed by atoms with Gasteiger partial charge in [0.15, 0.2) is 0 Å². The number of ketones is 1. The highest BCUT2D eigenvalue weighted by Crippen LogP contribution is 2.21. The molecule has 0 fully saturated rings. The third-order valence-corrected chi connectivity index (χ3v) is 2.91. The molecule has 2 heterocycles. The van der Waals surface area contributed by atoms with Crippen LogP contribution in [0.5, 0.6) is 0 Å². The first-order chi connectivity index (χ1) is 8.63. The molecule has 1 unspecified atom stereocenters. The maximum atomic E-state index is 11.3. The van der Waals surface area contributed by atoms with E-state index in [0.29, 0.717) is 17.4 Å². The molecular formula is C13H15N3O2. The summed E-state index contributed by atoms with van der Waals surface area (Å²) < 4.78 is 5.12. The molecule has 0 saturated carbocycles. The molecule has 0 aromatic carbocycles. The summed E-state index contributed by atoms with van der Waals surface area (Å²) in [5.41, 5.74) is 1.77. The van der Waals surface area contributed by atoms with E-state index >= 15 is 0 Å². The van der Waals surface area contributed by atoms with Crippen LogP contribution in [0.3, 0.4) is 0 Å². The predicted molar refractivity (Wildman–Crippen MR) is 66.0 cm³/mol. The number of Topliss-reactive ketones (excluding diaryl/α,β-unsaturated/α-hetero) is 1. The van der Waals surface area contributed by atoms with Crippen LogP contribution in [0, 0.1) is 0 Å². The standard InChI is InChI=1S/C13H15N3O2/c1-4-10-6-5-7-14-11(10)12-15-13(18-16-12)8(2)9(3)17/h5-8H,4H2,1-3H3. The van der Waals surface area contributed by atoms with Gasteiger partial charge in [0.2, 0.25) is 11.7 Å². The number of carbonyl (C=O) groups is 1. The van der Waals surface area contributed by atoms with Crippen molar-refractivity contribution in [2.24, 2.45) is 0 Å². The van der Waals surface area contributed by atoms with Crippen molar-refractivity contribution in [3.05, 3.63) is 29.8 Å². The molecule has 94 valence electrons. The molecule has 0 bridgehead atoms. The van der Waals surface area contributed by atoms with Crippen molar-refractivity contribution in [1.82, 2.24) is 15.1 Å². The van der Waals surface area contributed by atoms with Crippen LogP contribution < -0.4 is 0 Å². The fraction of sp³-hybridized carbons (Fsp3) is 0.385. The Morgan fingerprint density at radius 1 is 1.50 bits per heavy atom. The van der Waals surface area contributed by atoms with Gasteiger partial charge in [-0.1, -0.05) is 18.1 Å². The van der Waals surface area contributed by atoms with E-state index in [-0.39, 0.29) is 11.7 Å². The molecule has 0 aliphatic carbocycles. The topological polar surface area (TPSA) is 68.9 Å². The van der Waals surface area contributed by atoms with Gasteiger partial charge in [0, 0.05) is 6.20 Å². The summed E-state index contributed by atoms with van der Waals surface area (Å²) in [6.07, 6.45) is 2.54. The van der Waals surface area contributed by atoms with E-state index in [1.807, 2.05) is 19.1 Å². The van der Waals surface area contributed by atoms with Gasteiger partial charge in [0.25, 0.3) is 0 Å². The van der Waals surface area contributed by atoms with Crippen LogP contribution in [0.4, 0.5) is 0 Å². The third kappa shape index (κ3) is 2.30. The van der Waals surface area contributed by atoms with Crippen molar-refractivity contribution < 1.29 is 9.32 Å². The Balaban J connectivity index is 2.38. The Bertz CT molecular complexity index is 563. The zero-order valence-electron chi connectivity index (χ0n) is 10.7. The lowest BCUT2D eigenvalue weighted by molar-refractivity contribution is -0.118. The Morgan fingerprint density at radius 3 is 2.94 bits per heavy atom. The molecule has 0 aliphatic rings. The van der Waals surface area contributed by atoms with Gasteiger partial charge in [-0.3, -0.25) is 9.78 Å². The summed E-state index contributed by atoms with van der Waals surface area (Å²) in [5, 5.41) is 3.90. The van der Waals surface area contributed by atoms with Gasteiger partial charge in [0.1, 0.15) is 11.5 Å². The second-order valence-corrected chi connectivity index (χ2v) is 4.15. The van der Waals surface area contributed by atoms with E-state index in [1.54, 1.807) is 13.1 Å². The largest absolute Gasteiger partial charge is 0.338 e. The van der Waals surface area contributed by atoms with Crippen LogP contribution in [-0.4, -0.2) is 20.9 Å². The molecule has 0 radical (unpaired) electrons. The van der Waals surface area contributed by atoms with Gasteiger partial charge < -0.3 is 4.52 Å². The molecule has 1 atom stereocenters. The van der Waals surface area contributed by atoms with Gasteiger partial charge in [-0.2, -0.15) is 4.98 Å². The van der Waals surface area contributed by atoms with E-state index in [0.717, 1.165) is 12.0 Å². The average Bonchev–Trinajstić information content (AvgIpc) is 2.87. The Morgan fingerprint density at radius 2 is 2.28 bits per heavy atom. The lowest BCUT2D eigenvalue weighted by Crippen LogP contribution is -2.04. The molecular weight excluding hydrogens is 230 g/mol. The second kappa shape index (κ2) is 5.08. The van der Waals surface area contributed by atoms with Gasteiger partial charge in [-0.25, -0.2) is 0 Å². The summed E-state index contributed by atoms with van der Waals surface area (Å²) in [6.45, 7) is 5.30. The minimum atomic E-state index is -0.375. The number of nitrogens with zero attached hydrogens (tertiary/aromatic N) is 3. The number of carbonyl (C=O) groups excluding carboxylic acids is 1. The van der Waals surface area contributed by atoms with Crippen LogP contribution in [0.2, 0.25) is 0 Å². The maximum Gasteiger partial charge on any atom is 0.237 e. The fourth-order valence-electron chi connectivity index (χ4n) is 1.61. The molecule has 2 aromatic heterocycles. The normalized spacial score (nSPS) is 12.4. The molecule has 0 spiro atoms. The Hall–Kier alpha value is -2.04. The van der Waals surface area contributed by atoms with Gasteiger partial charge >= 0.3 is 0 Å². The maximum absolute atomic E-state index is 11.3. The molecule has 0 aliphatic heterocycles. The van der Waals surface area contributed by atoms with Crippen molar-refractivity contribution in [3.63, 3.8) is 0 Å². The fourth-order valence-corrected chi connectivity index (χ4v) is 1.61. The third-order valence-electron chi connectivity index (χ3n) is 2.91. The van der Waals surface area contributed by atoms with E-state index in [4.69, 9.17) is 4.52 Å². The zero-order valence-corrected chi connectivity index (χ0v) is 10.7. The van der Waals surface area contributed by atoms with Crippen molar-refractivity contribution in [2.45, 2.75) is 33.1 Å². The van der Waals surface area contributed by atoms with Crippen molar-refractivity contribution in [1.29, 1.82) is 0 Å². The number of aromatic nitrogens is 3. The number of pyridine rings is 1. The number of rotatable bonds is 4. The minimum Gasteiger partial charge on any atom is -0.338 e. The predicted octanol–water partition coefficient (Wildman–Crippen LogP) is 2.39.